The number of aryl methyl sites for hydroxylation is 1. The third-order valence-electron chi connectivity index (χ3n) is 3.46. The first-order valence-electron chi connectivity index (χ1n) is 6.12. The molecule has 1 aromatic heterocycles. The van der Waals surface area contributed by atoms with Crippen molar-refractivity contribution in [3.05, 3.63) is 11.8 Å². The maximum absolute atomic E-state index is 5.81. The summed E-state index contributed by atoms with van der Waals surface area (Å²) in [4.78, 5) is 7.97. The van der Waals surface area contributed by atoms with Crippen molar-refractivity contribution in [2.45, 2.75) is 44.9 Å². The number of nitrogens with two attached hydrogens (primary N) is 2. The number of anilines is 2. The van der Waals surface area contributed by atoms with E-state index in [4.69, 9.17) is 11.5 Å². The predicted octanol–water partition coefficient (Wildman–Crippen LogP) is 2.15. The Balaban J connectivity index is 1.88. The zero-order valence-corrected chi connectivity index (χ0v) is 9.65. The van der Waals surface area contributed by atoms with Crippen molar-refractivity contribution in [2.75, 3.05) is 11.5 Å². The van der Waals surface area contributed by atoms with Crippen LogP contribution in [0.3, 0.4) is 0 Å². The average Bonchev–Trinajstić information content (AvgIpc) is 2.29. The SMILES string of the molecule is Nc1ncc(CCC2CCCCC2)c(N)n1. The second kappa shape index (κ2) is 5.14. The minimum atomic E-state index is 0.263. The molecule has 1 fully saturated rings. The van der Waals surface area contributed by atoms with Crippen LogP contribution in [0.15, 0.2) is 6.20 Å². The Kier molecular flexibility index (Phi) is 3.59. The minimum absolute atomic E-state index is 0.263. The molecule has 16 heavy (non-hydrogen) atoms. The fourth-order valence-electron chi connectivity index (χ4n) is 2.46. The summed E-state index contributed by atoms with van der Waals surface area (Å²) in [6.07, 6.45) is 10.9. The Morgan fingerprint density at radius 3 is 2.62 bits per heavy atom. The van der Waals surface area contributed by atoms with E-state index in [0.29, 0.717) is 5.82 Å². The second-order valence-corrected chi connectivity index (χ2v) is 4.68. The molecule has 4 heteroatoms. The summed E-state index contributed by atoms with van der Waals surface area (Å²) in [5.74, 6) is 1.67. The Morgan fingerprint density at radius 2 is 1.94 bits per heavy atom. The monoisotopic (exact) mass is 220 g/mol. The van der Waals surface area contributed by atoms with Gasteiger partial charge in [0.15, 0.2) is 0 Å². The quantitative estimate of drug-likeness (QED) is 0.818. The van der Waals surface area contributed by atoms with Gasteiger partial charge in [0.1, 0.15) is 5.82 Å². The van der Waals surface area contributed by atoms with Gasteiger partial charge in [0.25, 0.3) is 0 Å². The number of hydrogen-bond acceptors (Lipinski definition) is 4. The lowest BCUT2D eigenvalue weighted by atomic mass is 9.85. The molecule has 1 heterocycles. The summed E-state index contributed by atoms with van der Waals surface area (Å²) in [7, 11) is 0. The first-order valence-corrected chi connectivity index (χ1v) is 6.12. The van der Waals surface area contributed by atoms with Crippen molar-refractivity contribution in [3.63, 3.8) is 0 Å². The van der Waals surface area contributed by atoms with Crippen molar-refractivity contribution in [1.82, 2.24) is 9.97 Å². The van der Waals surface area contributed by atoms with E-state index in [-0.39, 0.29) is 5.95 Å². The van der Waals surface area contributed by atoms with Crippen LogP contribution in [0.4, 0.5) is 11.8 Å². The van der Waals surface area contributed by atoms with Crippen LogP contribution < -0.4 is 11.5 Å². The van der Waals surface area contributed by atoms with E-state index in [1.54, 1.807) is 6.20 Å². The molecule has 88 valence electrons. The molecule has 4 N–H and O–H groups in total. The van der Waals surface area contributed by atoms with Crippen LogP contribution in [0.2, 0.25) is 0 Å². The molecule has 0 radical (unpaired) electrons. The van der Waals surface area contributed by atoms with Gasteiger partial charge in [-0.25, -0.2) is 4.98 Å². The molecular weight excluding hydrogens is 200 g/mol. The Labute approximate surface area is 96.5 Å². The Hall–Kier alpha value is -1.32. The van der Waals surface area contributed by atoms with E-state index in [9.17, 15) is 0 Å². The van der Waals surface area contributed by atoms with Gasteiger partial charge >= 0.3 is 0 Å². The van der Waals surface area contributed by atoms with Gasteiger partial charge in [0, 0.05) is 11.8 Å². The van der Waals surface area contributed by atoms with Crippen molar-refractivity contribution in [1.29, 1.82) is 0 Å². The van der Waals surface area contributed by atoms with Gasteiger partial charge in [-0.3, -0.25) is 0 Å². The molecule has 0 saturated heterocycles. The van der Waals surface area contributed by atoms with Crippen LogP contribution in [-0.2, 0) is 6.42 Å². The topological polar surface area (TPSA) is 77.8 Å². The van der Waals surface area contributed by atoms with Gasteiger partial charge in [0.2, 0.25) is 5.95 Å². The number of rotatable bonds is 3. The van der Waals surface area contributed by atoms with Crippen LogP contribution >= 0.6 is 0 Å². The van der Waals surface area contributed by atoms with Gasteiger partial charge in [-0.1, -0.05) is 32.1 Å². The molecule has 0 atom stereocenters. The summed E-state index contributed by atoms with van der Waals surface area (Å²) in [6.45, 7) is 0. The lowest BCUT2D eigenvalue weighted by molar-refractivity contribution is 0.339. The van der Waals surface area contributed by atoms with Crippen molar-refractivity contribution in [2.24, 2.45) is 5.92 Å². The van der Waals surface area contributed by atoms with Gasteiger partial charge < -0.3 is 11.5 Å². The molecule has 4 nitrogen and oxygen atoms in total. The van der Waals surface area contributed by atoms with Crippen LogP contribution in [0.5, 0.6) is 0 Å². The van der Waals surface area contributed by atoms with E-state index < -0.39 is 0 Å². The summed E-state index contributed by atoms with van der Waals surface area (Å²) in [6, 6.07) is 0. The first-order chi connectivity index (χ1) is 7.75. The smallest absolute Gasteiger partial charge is 0.221 e. The summed E-state index contributed by atoms with van der Waals surface area (Å²) < 4.78 is 0. The highest BCUT2D eigenvalue weighted by atomic mass is 15.0. The zero-order chi connectivity index (χ0) is 11.4. The molecule has 0 aromatic carbocycles. The summed E-state index contributed by atoms with van der Waals surface area (Å²) in [5.41, 5.74) is 12.3. The van der Waals surface area contributed by atoms with Crippen molar-refractivity contribution in [3.8, 4) is 0 Å². The molecule has 0 unspecified atom stereocenters. The van der Waals surface area contributed by atoms with E-state index in [0.717, 1.165) is 17.9 Å². The maximum Gasteiger partial charge on any atom is 0.221 e. The maximum atomic E-state index is 5.81. The lowest BCUT2D eigenvalue weighted by Gasteiger charge is -2.21. The molecule has 1 saturated carbocycles. The largest absolute Gasteiger partial charge is 0.383 e. The molecule has 0 amide bonds. The first kappa shape index (κ1) is 11.2. The highest BCUT2D eigenvalue weighted by molar-refractivity contribution is 5.41. The van der Waals surface area contributed by atoms with E-state index in [2.05, 4.69) is 9.97 Å². The number of nitrogen functional groups attached to an aromatic ring is 2. The fourth-order valence-corrected chi connectivity index (χ4v) is 2.46. The molecular formula is C12H20N4. The van der Waals surface area contributed by atoms with Crippen LogP contribution in [0.25, 0.3) is 0 Å². The van der Waals surface area contributed by atoms with E-state index in [1.165, 1.54) is 38.5 Å². The van der Waals surface area contributed by atoms with Crippen LogP contribution in [0.1, 0.15) is 44.1 Å². The zero-order valence-electron chi connectivity index (χ0n) is 9.65. The highest BCUT2D eigenvalue weighted by Crippen LogP contribution is 2.27. The van der Waals surface area contributed by atoms with Gasteiger partial charge in [-0.05, 0) is 18.8 Å². The molecule has 0 bridgehead atoms. The number of aromatic nitrogens is 2. The summed E-state index contributed by atoms with van der Waals surface area (Å²) >= 11 is 0. The Morgan fingerprint density at radius 1 is 1.19 bits per heavy atom. The fraction of sp³-hybridized carbons (Fsp3) is 0.667. The number of nitrogens with zero attached hydrogens (tertiary/aromatic N) is 2. The van der Waals surface area contributed by atoms with E-state index in [1.807, 2.05) is 0 Å². The van der Waals surface area contributed by atoms with Crippen molar-refractivity contribution >= 4 is 11.8 Å². The molecule has 1 aromatic rings. The second-order valence-electron chi connectivity index (χ2n) is 4.68. The average molecular weight is 220 g/mol. The lowest BCUT2D eigenvalue weighted by Crippen LogP contribution is -2.09. The van der Waals surface area contributed by atoms with Gasteiger partial charge in [-0.15, -0.1) is 0 Å². The normalized spacial score (nSPS) is 17.5. The van der Waals surface area contributed by atoms with Crippen LogP contribution in [-0.4, -0.2) is 9.97 Å². The third-order valence-corrected chi connectivity index (χ3v) is 3.46. The minimum Gasteiger partial charge on any atom is -0.383 e. The highest BCUT2D eigenvalue weighted by Gasteiger charge is 2.14. The van der Waals surface area contributed by atoms with Crippen LogP contribution in [0, 0.1) is 5.92 Å². The van der Waals surface area contributed by atoms with E-state index >= 15 is 0 Å². The standard InChI is InChI=1S/C12H20N4/c13-11-10(8-15-12(14)16-11)7-6-9-4-2-1-3-5-9/h8-9H,1-7H2,(H4,13,14,15,16). The summed E-state index contributed by atoms with van der Waals surface area (Å²) in [5, 5.41) is 0. The molecule has 1 aliphatic carbocycles. The molecule has 1 aliphatic rings. The third kappa shape index (κ3) is 2.84. The van der Waals surface area contributed by atoms with Gasteiger partial charge in [-0.2, -0.15) is 4.98 Å². The molecule has 0 aliphatic heterocycles. The number of hydrogen-bond donors (Lipinski definition) is 2. The molecule has 2 rings (SSSR count). The van der Waals surface area contributed by atoms with Gasteiger partial charge in [0.05, 0.1) is 0 Å². The Bertz CT molecular complexity index is 345. The predicted molar refractivity (Wildman–Crippen MR) is 65.8 cm³/mol. The van der Waals surface area contributed by atoms with Crippen molar-refractivity contribution < 1.29 is 0 Å². The molecule has 0 spiro atoms.